The van der Waals surface area contributed by atoms with Gasteiger partial charge in [-0.1, -0.05) is 91.0 Å². The molecule has 4 heteroatoms. The van der Waals surface area contributed by atoms with Crippen molar-refractivity contribution in [3.05, 3.63) is 108 Å². The standard InChI is InChI=1S/C26H29N3O/c30-26(27-17-16-22-10-4-1-5-11-22)29-20-18-28(19-21-29)25(23-12-6-2-7-13-23)24-14-8-3-9-15-24/h1-15,25H,16-21H2,(H,27,30). The number of urea groups is 1. The average molecular weight is 400 g/mol. The van der Waals surface area contributed by atoms with Gasteiger partial charge >= 0.3 is 6.03 Å². The van der Waals surface area contributed by atoms with Crippen LogP contribution >= 0.6 is 0 Å². The van der Waals surface area contributed by atoms with Crippen LogP contribution in [0.3, 0.4) is 0 Å². The third kappa shape index (κ3) is 5.08. The molecule has 0 spiro atoms. The predicted molar refractivity (Wildman–Crippen MR) is 121 cm³/mol. The van der Waals surface area contributed by atoms with E-state index in [1.54, 1.807) is 0 Å². The van der Waals surface area contributed by atoms with E-state index >= 15 is 0 Å². The quantitative estimate of drug-likeness (QED) is 0.669. The molecular formula is C26H29N3O. The van der Waals surface area contributed by atoms with E-state index in [-0.39, 0.29) is 12.1 Å². The Labute approximate surface area is 179 Å². The number of nitrogens with zero attached hydrogens (tertiary/aromatic N) is 2. The maximum Gasteiger partial charge on any atom is 0.317 e. The molecule has 1 fully saturated rings. The van der Waals surface area contributed by atoms with Gasteiger partial charge in [-0.15, -0.1) is 0 Å². The first-order valence-corrected chi connectivity index (χ1v) is 10.7. The second kappa shape index (κ2) is 10.1. The molecule has 0 unspecified atom stereocenters. The summed E-state index contributed by atoms with van der Waals surface area (Å²) in [6, 6.07) is 31.8. The van der Waals surface area contributed by atoms with Gasteiger partial charge in [-0.2, -0.15) is 0 Å². The van der Waals surface area contributed by atoms with Crippen LogP contribution in [0.1, 0.15) is 22.7 Å². The molecule has 154 valence electrons. The number of benzene rings is 3. The Kier molecular flexibility index (Phi) is 6.78. The van der Waals surface area contributed by atoms with Gasteiger partial charge in [0.2, 0.25) is 0 Å². The lowest BCUT2D eigenvalue weighted by Crippen LogP contribution is -2.52. The molecule has 0 radical (unpaired) electrons. The molecule has 2 amide bonds. The topological polar surface area (TPSA) is 35.6 Å². The largest absolute Gasteiger partial charge is 0.338 e. The SMILES string of the molecule is O=C(NCCc1ccccc1)N1CCN(C(c2ccccc2)c2ccccc2)CC1. The number of carbonyl (C=O) groups excluding carboxylic acids is 1. The molecule has 30 heavy (non-hydrogen) atoms. The highest BCUT2D eigenvalue weighted by Gasteiger charge is 2.27. The van der Waals surface area contributed by atoms with Crippen LogP contribution in [0.2, 0.25) is 0 Å². The van der Waals surface area contributed by atoms with Crippen LogP contribution in [0.15, 0.2) is 91.0 Å². The normalized spacial score (nSPS) is 14.6. The molecule has 0 aliphatic carbocycles. The van der Waals surface area contributed by atoms with Crippen LogP contribution in [0, 0.1) is 0 Å². The summed E-state index contributed by atoms with van der Waals surface area (Å²) in [5.74, 6) is 0. The summed E-state index contributed by atoms with van der Waals surface area (Å²) in [5.41, 5.74) is 3.84. The highest BCUT2D eigenvalue weighted by Crippen LogP contribution is 2.29. The molecule has 1 aliphatic heterocycles. The zero-order valence-corrected chi connectivity index (χ0v) is 17.3. The molecule has 4 rings (SSSR count). The summed E-state index contributed by atoms with van der Waals surface area (Å²) in [5, 5.41) is 3.08. The van der Waals surface area contributed by atoms with E-state index in [1.807, 2.05) is 23.1 Å². The maximum atomic E-state index is 12.6. The Balaban J connectivity index is 1.34. The van der Waals surface area contributed by atoms with Gasteiger partial charge in [-0.25, -0.2) is 4.79 Å². The number of rotatable bonds is 6. The zero-order valence-electron chi connectivity index (χ0n) is 17.3. The number of hydrogen-bond donors (Lipinski definition) is 1. The lowest BCUT2D eigenvalue weighted by molar-refractivity contribution is 0.120. The minimum Gasteiger partial charge on any atom is -0.338 e. The molecule has 1 heterocycles. The Morgan fingerprint density at radius 2 is 1.23 bits per heavy atom. The highest BCUT2D eigenvalue weighted by molar-refractivity contribution is 5.74. The van der Waals surface area contributed by atoms with Gasteiger partial charge in [-0.05, 0) is 23.1 Å². The fourth-order valence-electron chi connectivity index (χ4n) is 4.14. The van der Waals surface area contributed by atoms with Gasteiger partial charge in [0.15, 0.2) is 0 Å². The van der Waals surface area contributed by atoms with Gasteiger partial charge < -0.3 is 10.2 Å². The van der Waals surface area contributed by atoms with E-state index < -0.39 is 0 Å². The highest BCUT2D eigenvalue weighted by atomic mass is 16.2. The molecule has 4 nitrogen and oxygen atoms in total. The fourth-order valence-corrected chi connectivity index (χ4v) is 4.14. The van der Waals surface area contributed by atoms with Crippen LogP contribution < -0.4 is 5.32 Å². The molecule has 0 atom stereocenters. The Bertz CT molecular complexity index is 867. The second-order valence-corrected chi connectivity index (χ2v) is 7.71. The first-order valence-electron chi connectivity index (χ1n) is 10.7. The summed E-state index contributed by atoms with van der Waals surface area (Å²) in [4.78, 5) is 17.0. The predicted octanol–water partition coefficient (Wildman–Crippen LogP) is 4.35. The summed E-state index contributed by atoms with van der Waals surface area (Å²) in [6.45, 7) is 3.88. The lowest BCUT2D eigenvalue weighted by atomic mass is 9.96. The van der Waals surface area contributed by atoms with Crippen molar-refractivity contribution in [3.63, 3.8) is 0 Å². The minimum atomic E-state index is 0.0431. The molecule has 1 N–H and O–H groups in total. The fraction of sp³-hybridized carbons (Fsp3) is 0.269. The van der Waals surface area contributed by atoms with E-state index in [4.69, 9.17) is 0 Å². The van der Waals surface area contributed by atoms with Gasteiger partial charge in [0.1, 0.15) is 0 Å². The first-order chi connectivity index (χ1) is 14.8. The van der Waals surface area contributed by atoms with Crippen molar-refractivity contribution < 1.29 is 4.79 Å². The summed E-state index contributed by atoms with van der Waals surface area (Å²) < 4.78 is 0. The van der Waals surface area contributed by atoms with Crippen molar-refractivity contribution in [1.29, 1.82) is 0 Å². The third-order valence-electron chi connectivity index (χ3n) is 5.73. The molecule has 3 aromatic carbocycles. The summed E-state index contributed by atoms with van der Waals surface area (Å²) >= 11 is 0. The Hall–Kier alpha value is -3.11. The van der Waals surface area contributed by atoms with Crippen molar-refractivity contribution in [3.8, 4) is 0 Å². The second-order valence-electron chi connectivity index (χ2n) is 7.71. The number of piperazine rings is 1. The molecule has 0 aromatic heterocycles. The minimum absolute atomic E-state index is 0.0431. The number of hydrogen-bond acceptors (Lipinski definition) is 2. The molecule has 0 saturated carbocycles. The van der Waals surface area contributed by atoms with Crippen LogP contribution in [0.25, 0.3) is 0 Å². The number of carbonyl (C=O) groups is 1. The molecule has 1 aliphatic rings. The van der Waals surface area contributed by atoms with Gasteiger partial charge in [0, 0.05) is 32.7 Å². The Morgan fingerprint density at radius 3 is 1.77 bits per heavy atom. The van der Waals surface area contributed by atoms with E-state index in [1.165, 1.54) is 16.7 Å². The lowest BCUT2D eigenvalue weighted by Gasteiger charge is -2.39. The molecule has 1 saturated heterocycles. The number of amides is 2. The van der Waals surface area contributed by atoms with Crippen molar-refractivity contribution >= 4 is 6.03 Å². The van der Waals surface area contributed by atoms with E-state index in [2.05, 4.69) is 83.0 Å². The van der Waals surface area contributed by atoms with Gasteiger partial charge in [0.05, 0.1) is 6.04 Å². The van der Waals surface area contributed by atoms with Crippen molar-refractivity contribution in [1.82, 2.24) is 15.1 Å². The number of nitrogens with one attached hydrogen (secondary N) is 1. The molecular weight excluding hydrogens is 370 g/mol. The monoisotopic (exact) mass is 399 g/mol. The summed E-state index contributed by atoms with van der Waals surface area (Å²) in [7, 11) is 0. The van der Waals surface area contributed by atoms with Crippen molar-refractivity contribution in [2.75, 3.05) is 32.7 Å². The van der Waals surface area contributed by atoms with E-state index in [0.717, 1.165) is 32.6 Å². The van der Waals surface area contributed by atoms with E-state index in [0.29, 0.717) is 6.54 Å². The van der Waals surface area contributed by atoms with E-state index in [9.17, 15) is 4.79 Å². The smallest absolute Gasteiger partial charge is 0.317 e. The van der Waals surface area contributed by atoms with Crippen LogP contribution in [0.5, 0.6) is 0 Å². The van der Waals surface area contributed by atoms with Crippen LogP contribution in [-0.2, 0) is 6.42 Å². The molecule has 3 aromatic rings. The van der Waals surface area contributed by atoms with Gasteiger partial charge in [-0.3, -0.25) is 4.90 Å². The average Bonchev–Trinajstić information content (AvgIpc) is 2.82. The van der Waals surface area contributed by atoms with Crippen molar-refractivity contribution in [2.24, 2.45) is 0 Å². The van der Waals surface area contributed by atoms with Crippen LogP contribution in [0.4, 0.5) is 4.79 Å². The Morgan fingerprint density at radius 1 is 0.733 bits per heavy atom. The first kappa shape index (κ1) is 20.2. The molecule has 0 bridgehead atoms. The van der Waals surface area contributed by atoms with Crippen LogP contribution in [-0.4, -0.2) is 48.6 Å². The summed E-state index contributed by atoms with van der Waals surface area (Å²) in [6.07, 6.45) is 0.858. The van der Waals surface area contributed by atoms with Gasteiger partial charge in [0.25, 0.3) is 0 Å². The zero-order chi connectivity index (χ0) is 20.6. The van der Waals surface area contributed by atoms with Crippen molar-refractivity contribution in [2.45, 2.75) is 12.5 Å². The maximum absolute atomic E-state index is 12.6. The third-order valence-corrected chi connectivity index (χ3v) is 5.73.